The number of oxime groups is 1. The van der Waals surface area contributed by atoms with Crippen LogP contribution in [0.1, 0.15) is 11.3 Å². The summed E-state index contributed by atoms with van der Waals surface area (Å²) < 4.78 is 0. The van der Waals surface area contributed by atoms with E-state index >= 15 is 0 Å². The number of carboxylic acid groups (broad SMARTS) is 1. The third-order valence-electron chi connectivity index (χ3n) is 5.33. The van der Waals surface area contributed by atoms with Crippen molar-refractivity contribution in [1.82, 2.24) is 20.2 Å². The molecular weight excluding hydrogens is 565 g/mol. The molecule has 2 atom stereocenters. The molecule has 0 bridgehead atoms. The van der Waals surface area contributed by atoms with Gasteiger partial charge in [-0.15, -0.1) is 34.9 Å². The summed E-state index contributed by atoms with van der Waals surface area (Å²) in [5.74, 6) is -1.71. The maximum Gasteiger partial charge on any atom is 0.352 e. The first kappa shape index (κ1) is 28.1. The average molecular weight is 587 g/mol. The molecule has 2 aromatic heterocycles. The maximum absolute atomic E-state index is 13.1. The van der Waals surface area contributed by atoms with E-state index in [2.05, 4.69) is 32.3 Å². The van der Waals surface area contributed by atoms with Gasteiger partial charge in [0.25, 0.3) is 11.8 Å². The molecule has 4 heterocycles. The molecule has 0 saturated carbocycles. The lowest BCUT2D eigenvalue weighted by molar-refractivity contribution is -0.150. The molecule has 0 spiro atoms. The first-order chi connectivity index (χ1) is 18.9. The minimum absolute atomic E-state index is 0.0277. The molecule has 1 unspecified atom stereocenters. The second-order valence-corrected chi connectivity index (χ2v) is 10.7. The topological polar surface area (TPSA) is 163 Å². The second-order valence-electron chi connectivity index (χ2n) is 7.84. The average Bonchev–Trinajstić information content (AvgIpc) is 3.40. The number of anilines is 1. The van der Waals surface area contributed by atoms with Gasteiger partial charge < -0.3 is 20.6 Å². The predicted molar refractivity (Wildman–Crippen MR) is 150 cm³/mol. The molecule has 0 radical (unpaired) electrons. The highest BCUT2D eigenvalue weighted by atomic mass is 32.2. The van der Waals surface area contributed by atoms with Crippen LogP contribution in [0.2, 0.25) is 0 Å². The highest BCUT2D eigenvalue weighted by Gasteiger charge is 2.54. The fourth-order valence-corrected chi connectivity index (χ4v) is 6.53. The summed E-state index contributed by atoms with van der Waals surface area (Å²) in [6.07, 6.45) is 7.15. The molecule has 202 valence electrons. The van der Waals surface area contributed by atoms with Gasteiger partial charge in [-0.2, -0.15) is 0 Å². The summed E-state index contributed by atoms with van der Waals surface area (Å²) in [6.45, 7) is 3.55. The van der Waals surface area contributed by atoms with Gasteiger partial charge in [-0.25, -0.2) is 9.78 Å². The Balaban J connectivity index is 1.45. The SMILES string of the molecule is C=CCO/N=C(/C(=O)NC1C(=O)N2C(C(=O)O)=C(CS/C=C\c3cccnc3)CS[C@H]12)c1csc(NC=O)n1. The maximum atomic E-state index is 13.1. The standard InChI is InChI=1S/C24H22N6O6S3/c1-2-7-36-29-17(16-12-39-24(27-16)26-13-31)20(32)28-18-21(33)30-19(23(34)35)15(11-38-22(18)30)10-37-8-5-14-4-3-6-25-9-14/h2-6,8-9,12-13,18,22H,1,7,10-11H2,(H,28,32)(H,34,35)(H,26,27,31)/b8-5-,29-17+/t18?,22-/m1/s1. The number of carbonyl (C=O) groups is 4. The Bertz CT molecular complexity index is 1360. The molecule has 2 aliphatic rings. The number of rotatable bonds is 13. The summed E-state index contributed by atoms with van der Waals surface area (Å²) in [7, 11) is 0. The third-order valence-corrected chi connectivity index (χ3v) is 8.28. The summed E-state index contributed by atoms with van der Waals surface area (Å²) in [5, 5.41) is 21.7. The van der Waals surface area contributed by atoms with E-state index in [-0.39, 0.29) is 28.8 Å². The van der Waals surface area contributed by atoms with Gasteiger partial charge in [-0.05, 0) is 28.7 Å². The third kappa shape index (κ3) is 6.55. The van der Waals surface area contributed by atoms with Gasteiger partial charge in [-0.1, -0.05) is 23.9 Å². The van der Waals surface area contributed by atoms with Crippen molar-refractivity contribution in [3.63, 3.8) is 0 Å². The molecule has 0 aliphatic carbocycles. The number of amides is 3. The fraction of sp³-hybridized carbons (Fsp3) is 0.208. The highest BCUT2D eigenvalue weighted by Crippen LogP contribution is 2.41. The van der Waals surface area contributed by atoms with Crippen LogP contribution in [-0.4, -0.2) is 79.4 Å². The Morgan fingerprint density at radius 2 is 2.26 bits per heavy atom. The molecule has 12 nitrogen and oxygen atoms in total. The van der Waals surface area contributed by atoms with Gasteiger partial charge in [0.05, 0.1) is 0 Å². The summed E-state index contributed by atoms with van der Waals surface area (Å²) in [5.41, 5.74) is 1.39. The molecular formula is C24H22N6O6S3. The Hall–Kier alpha value is -3.95. The van der Waals surface area contributed by atoms with Crippen LogP contribution in [0.5, 0.6) is 0 Å². The van der Waals surface area contributed by atoms with E-state index in [1.54, 1.807) is 12.4 Å². The van der Waals surface area contributed by atoms with Crippen molar-refractivity contribution in [3.05, 3.63) is 70.5 Å². The van der Waals surface area contributed by atoms with E-state index in [0.29, 0.717) is 23.5 Å². The number of fused-ring (bicyclic) bond motifs is 1. The van der Waals surface area contributed by atoms with Crippen LogP contribution in [0.4, 0.5) is 5.13 Å². The number of hydrogen-bond donors (Lipinski definition) is 3. The predicted octanol–water partition coefficient (Wildman–Crippen LogP) is 2.16. The number of carboxylic acids is 1. The van der Waals surface area contributed by atoms with E-state index in [1.807, 2.05) is 23.6 Å². The number of aromatic nitrogens is 2. The minimum Gasteiger partial charge on any atom is -0.477 e. The van der Waals surface area contributed by atoms with Crippen LogP contribution in [0, 0.1) is 0 Å². The minimum atomic E-state index is -1.21. The van der Waals surface area contributed by atoms with Crippen molar-refractivity contribution in [2.45, 2.75) is 11.4 Å². The number of β-lactam (4-membered cyclic amide) rings is 1. The smallest absolute Gasteiger partial charge is 0.352 e. The van der Waals surface area contributed by atoms with Crippen LogP contribution in [-0.2, 0) is 24.0 Å². The van der Waals surface area contributed by atoms with Gasteiger partial charge in [0, 0.05) is 29.3 Å². The molecule has 39 heavy (non-hydrogen) atoms. The lowest BCUT2D eigenvalue weighted by Gasteiger charge is -2.49. The van der Waals surface area contributed by atoms with Gasteiger partial charge in [0.2, 0.25) is 6.41 Å². The van der Waals surface area contributed by atoms with Gasteiger partial charge in [0.15, 0.2) is 10.8 Å². The Morgan fingerprint density at radius 1 is 1.41 bits per heavy atom. The molecule has 1 saturated heterocycles. The van der Waals surface area contributed by atoms with Gasteiger partial charge in [-0.3, -0.25) is 24.3 Å². The first-order valence-corrected chi connectivity index (χ1v) is 14.3. The molecule has 3 amide bonds. The number of aliphatic carboxylic acids is 1. The fourth-order valence-electron chi connectivity index (χ4n) is 3.61. The van der Waals surface area contributed by atoms with Gasteiger partial charge >= 0.3 is 5.97 Å². The van der Waals surface area contributed by atoms with Gasteiger partial charge in [0.1, 0.15) is 29.4 Å². The summed E-state index contributed by atoms with van der Waals surface area (Å²) in [4.78, 5) is 63.4. The van der Waals surface area contributed by atoms with Crippen LogP contribution in [0.3, 0.4) is 0 Å². The van der Waals surface area contributed by atoms with E-state index < -0.39 is 29.2 Å². The molecule has 2 aromatic rings. The normalized spacial score (nSPS) is 18.8. The number of carbonyl (C=O) groups excluding carboxylic acids is 3. The van der Waals surface area contributed by atoms with Crippen LogP contribution in [0.15, 0.2) is 64.4 Å². The number of thiazole rings is 1. The van der Waals surface area contributed by atoms with Crippen molar-refractivity contribution < 1.29 is 29.1 Å². The van der Waals surface area contributed by atoms with Crippen LogP contribution < -0.4 is 10.6 Å². The van der Waals surface area contributed by atoms with Crippen molar-refractivity contribution in [2.24, 2.45) is 5.16 Å². The number of hydrogen-bond acceptors (Lipinski definition) is 11. The van der Waals surface area contributed by atoms with Crippen molar-refractivity contribution in [1.29, 1.82) is 0 Å². The molecule has 1 fully saturated rings. The van der Waals surface area contributed by atoms with Crippen molar-refractivity contribution in [3.8, 4) is 0 Å². The van der Waals surface area contributed by atoms with Crippen LogP contribution in [0.25, 0.3) is 6.08 Å². The second kappa shape index (κ2) is 13.2. The van der Waals surface area contributed by atoms with Crippen molar-refractivity contribution >= 4 is 76.0 Å². The zero-order chi connectivity index (χ0) is 27.8. The zero-order valence-corrected chi connectivity index (χ0v) is 22.6. The Kier molecular flexibility index (Phi) is 9.51. The van der Waals surface area contributed by atoms with E-state index in [9.17, 15) is 24.3 Å². The quantitative estimate of drug-likeness (QED) is 0.0791. The molecule has 3 N–H and O–H groups in total. The molecule has 4 rings (SSSR count). The largest absolute Gasteiger partial charge is 0.477 e. The molecule has 2 aliphatic heterocycles. The van der Waals surface area contributed by atoms with Crippen LogP contribution >= 0.6 is 34.9 Å². The number of nitrogens with one attached hydrogen (secondary N) is 2. The first-order valence-electron chi connectivity index (χ1n) is 11.3. The Labute approximate surface area is 235 Å². The van der Waals surface area contributed by atoms with E-state index in [1.165, 1.54) is 39.9 Å². The monoisotopic (exact) mass is 586 g/mol. The van der Waals surface area contributed by atoms with Crippen molar-refractivity contribution in [2.75, 3.05) is 23.4 Å². The highest BCUT2D eigenvalue weighted by molar-refractivity contribution is 8.02. The Morgan fingerprint density at radius 3 is 2.97 bits per heavy atom. The lowest BCUT2D eigenvalue weighted by atomic mass is 10.0. The number of nitrogens with zero attached hydrogens (tertiary/aromatic N) is 4. The number of pyridine rings is 1. The summed E-state index contributed by atoms with van der Waals surface area (Å²) in [6, 6.07) is 2.75. The lowest BCUT2D eigenvalue weighted by Crippen LogP contribution is -2.71. The molecule has 0 aromatic carbocycles. The summed E-state index contributed by atoms with van der Waals surface area (Å²) >= 11 is 3.85. The zero-order valence-electron chi connectivity index (χ0n) is 20.2. The molecule has 15 heteroatoms. The van der Waals surface area contributed by atoms with E-state index in [0.717, 1.165) is 16.9 Å². The number of thioether (sulfide) groups is 2. The van der Waals surface area contributed by atoms with E-state index in [4.69, 9.17) is 4.84 Å².